The van der Waals surface area contributed by atoms with Crippen molar-refractivity contribution >= 4 is 11.6 Å². The van der Waals surface area contributed by atoms with Crippen molar-refractivity contribution in [2.75, 3.05) is 0 Å². The number of aromatic nitrogens is 2. The van der Waals surface area contributed by atoms with Gasteiger partial charge in [-0.05, 0) is 47.5 Å². The van der Waals surface area contributed by atoms with Gasteiger partial charge in [-0.15, -0.1) is 0 Å². The van der Waals surface area contributed by atoms with E-state index in [9.17, 15) is 9.18 Å². The Morgan fingerprint density at radius 1 is 1.07 bits per heavy atom. The van der Waals surface area contributed by atoms with Crippen LogP contribution in [0.5, 0.6) is 5.75 Å². The summed E-state index contributed by atoms with van der Waals surface area (Å²) in [5, 5.41) is 2.90. The summed E-state index contributed by atoms with van der Waals surface area (Å²) in [6, 6.07) is 17.3. The Hall–Kier alpha value is -3.67. The predicted molar refractivity (Wildman–Crippen MR) is 104 cm³/mol. The summed E-state index contributed by atoms with van der Waals surface area (Å²) < 4.78 is 20.7. The van der Waals surface area contributed by atoms with Gasteiger partial charge in [0.05, 0.1) is 5.56 Å². The SMILES string of the molecule is O=C(NCc1ccc(OCc2cccc(F)c2)cc1)c1ccc2nccn2c1. The van der Waals surface area contributed by atoms with Crippen molar-refractivity contribution < 1.29 is 13.9 Å². The van der Waals surface area contributed by atoms with E-state index < -0.39 is 0 Å². The lowest BCUT2D eigenvalue weighted by Gasteiger charge is -2.09. The van der Waals surface area contributed by atoms with Crippen LogP contribution in [0.4, 0.5) is 4.39 Å². The monoisotopic (exact) mass is 375 g/mol. The smallest absolute Gasteiger partial charge is 0.253 e. The minimum atomic E-state index is -0.278. The molecule has 5 nitrogen and oxygen atoms in total. The summed E-state index contributed by atoms with van der Waals surface area (Å²) in [4.78, 5) is 16.5. The molecule has 0 aliphatic carbocycles. The molecule has 0 fully saturated rings. The van der Waals surface area contributed by atoms with Crippen LogP contribution in [0, 0.1) is 5.82 Å². The van der Waals surface area contributed by atoms with Crippen LogP contribution < -0.4 is 10.1 Å². The second-order valence-electron chi connectivity index (χ2n) is 6.36. The van der Waals surface area contributed by atoms with Gasteiger partial charge >= 0.3 is 0 Å². The number of imidazole rings is 1. The van der Waals surface area contributed by atoms with Crippen molar-refractivity contribution in [2.24, 2.45) is 0 Å². The average molecular weight is 375 g/mol. The lowest BCUT2D eigenvalue weighted by molar-refractivity contribution is 0.0950. The van der Waals surface area contributed by atoms with Crippen molar-refractivity contribution in [1.82, 2.24) is 14.7 Å². The first-order chi connectivity index (χ1) is 13.7. The average Bonchev–Trinajstić information content (AvgIpc) is 3.19. The first kappa shape index (κ1) is 17.7. The molecule has 0 unspecified atom stereocenters. The van der Waals surface area contributed by atoms with E-state index >= 15 is 0 Å². The van der Waals surface area contributed by atoms with Crippen LogP contribution in [0.25, 0.3) is 5.65 Å². The van der Waals surface area contributed by atoms with E-state index in [0.717, 1.165) is 16.8 Å². The minimum absolute atomic E-state index is 0.151. The number of hydrogen-bond acceptors (Lipinski definition) is 3. The van der Waals surface area contributed by atoms with E-state index in [1.165, 1.54) is 12.1 Å². The molecule has 4 aromatic rings. The maximum atomic E-state index is 13.2. The molecule has 6 heteroatoms. The van der Waals surface area contributed by atoms with Crippen LogP contribution in [0.15, 0.2) is 79.3 Å². The van der Waals surface area contributed by atoms with Crippen molar-refractivity contribution in [2.45, 2.75) is 13.2 Å². The molecule has 28 heavy (non-hydrogen) atoms. The van der Waals surface area contributed by atoms with Gasteiger partial charge in [-0.1, -0.05) is 24.3 Å². The van der Waals surface area contributed by atoms with Gasteiger partial charge in [0, 0.05) is 25.1 Å². The van der Waals surface area contributed by atoms with Gasteiger partial charge in [0.2, 0.25) is 0 Å². The number of fused-ring (bicyclic) bond motifs is 1. The Kier molecular flexibility index (Phi) is 5.01. The number of pyridine rings is 1. The van der Waals surface area contributed by atoms with Gasteiger partial charge in [0.15, 0.2) is 0 Å². The third-order valence-corrected chi connectivity index (χ3v) is 4.32. The predicted octanol–water partition coefficient (Wildman–Crippen LogP) is 3.98. The molecule has 0 atom stereocenters. The Bertz CT molecular complexity index is 1110. The molecule has 0 saturated carbocycles. The third kappa shape index (κ3) is 4.17. The second-order valence-corrected chi connectivity index (χ2v) is 6.36. The van der Waals surface area contributed by atoms with Crippen LogP contribution >= 0.6 is 0 Å². The summed E-state index contributed by atoms with van der Waals surface area (Å²) >= 11 is 0. The number of hydrogen-bond donors (Lipinski definition) is 1. The van der Waals surface area contributed by atoms with E-state index in [-0.39, 0.29) is 11.7 Å². The maximum Gasteiger partial charge on any atom is 0.253 e. The van der Waals surface area contributed by atoms with Crippen LogP contribution in [0.3, 0.4) is 0 Å². The molecule has 1 amide bonds. The fourth-order valence-electron chi connectivity index (χ4n) is 2.84. The molecule has 1 N–H and O–H groups in total. The van der Waals surface area contributed by atoms with E-state index in [4.69, 9.17) is 4.74 Å². The molecule has 0 radical (unpaired) electrons. The summed E-state index contributed by atoms with van der Waals surface area (Å²) in [6.07, 6.45) is 5.24. The zero-order valence-electron chi connectivity index (χ0n) is 15.0. The zero-order valence-corrected chi connectivity index (χ0v) is 15.0. The Labute approximate surface area is 161 Å². The summed E-state index contributed by atoms with van der Waals surface area (Å²) in [6.45, 7) is 0.704. The Balaban J connectivity index is 1.32. The van der Waals surface area contributed by atoms with Crippen LogP contribution in [-0.4, -0.2) is 15.3 Å². The molecule has 2 aromatic heterocycles. The summed E-state index contributed by atoms with van der Waals surface area (Å²) in [7, 11) is 0. The fourth-order valence-corrected chi connectivity index (χ4v) is 2.84. The normalized spacial score (nSPS) is 10.8. The molecular weight excluding hydrogens is 357 g/mol. The number of halogens is 1. The quantitative estimate of drug-likeness (QED) is 0.555. The largest absolute Gasteiger partial charge is 0.489 e. The number of nitrogens with one attached hydrogen (secondary N) is 1. The highest BCUT2D eigenvalue weighted by atomic mass is 19.1. The van der Waals surface area contributed by atoms with E-state index in [1.807, 2.05) is 30.3 Å². The van der Waals surface area contributed by atoms with Gasteiger partial charge in [-0.25, -0.2) is 9.37 Å². The molecule has 0 bridgehead atoms. The first-order valence-corrected chi connectivity index (χ1v) is 8.84. The molecule has 4 rings (SSSR count). The molecule has 0 spiro atoms. The fraction of sp³-hybridized carbons (Fsp3) is 0.0909. The molecule has 140 valence electrons. The number of ether oxygens (including phenoxy) is 1. The van der Waals surface area contributed by atoms with Crippen LogP contribution in [0.2, 0.25) is 0 Å². The van der Waals surface area contributed by atoms with E-state index in [2.05, 4.69) is 10.3 Å². The van der Waals surface area contributed by atoms with Gasteiger partial charge in [0.1, 0.15) is 23.8 Å². The summed E-state index contributed by atoms with van der Waals surface area (Å²) in [5.41, 5.74) is 3.09. The van der Waals surface area contributed by atoms with Gasteiger partial charge in [-0.2, -0.15) is 0 Å². The molecule has 2 heterocycles. The standard InChI is InChI=1S/C22H18FN3O2/c23-19-3-1-2-17(12-19)15-28-20-7-4-16(5-8-20)13-25-22(27)18-6-9-21-24-10-11-26(21)14-18/h1-12,14H,13,15H2,(H,25,27). The van der Waals surface area contributed by atoms with E-state index in [0.29, 0.717) is 24.5 Å². The van der Waals surface area contributed by atoms with Crippen molar-refractivity contribution in [3.63, 3.8) is 0 Å². The maximum absolute atomic E-state index is 13.2. The highest BCUT2D eigenvalue weighted by molar-refractivity contribution is 5.94. The van der Waals surface area contributed by atoms with Gasteiger partial charge < -0.3 is 14.5 Å². The molecular formula is C22H18FN3O2. The zero-order chi connectivity index (χ0) is 19.3. The lowest BCUT2D eigenvalue weighted by atomic mass is 10.2. The second kappa shape index (κ2) is 7.92. The topological polar surface area (TPSA) is 55.6 Å². The van der Waals surface area contributed by atoms with Crippen molar-refractivity contribution in [3.8, 4) is 5.75 Å². The highest BCUT2D eigenvalue weighted by Crippen LogP contribution is 2.15. The lowest BCUT2D eigenvalue weighted by Crippen LogP contribution is -2.23. The number of carbonyl (C=O) groups is 1. The summed E-state index contributed by atoms with van der Waals surface area (Å²) in [5.74, 6) is 0.256. The molecule has 0 saturated heterocycles. The van der Waals surface area contributed by atoms with Crippen molar-refractivity contribution in [3.05, 3.63) is 102 Å². The first-order valence-electron chi connectivity index (χ1n) is 8.84. The van der Waals surface area contributed by atoms with E-state index in [1.54, 1.807) is 41.2 Å². The highest BCUT2D eigenvalue weighted by Gasteiger charge is 2.07. The Morgan fingerprint density at radius 2 is 1.93 bits per heavy atom. The number of benzene rings is 2. The number of nitrogens with zero attached hydrogens (tertiary/aromatic N) is 2. The van der Waals surface area contributed by atoms with Gasteiger partial charge in [0.25, 0.3) is 5.91 Å². The van der Waals surface area contributed by atoms with Gasteiger partial charge in [-0.3, -0.25) is 4.79 Å². The minimum Gasteiger partial charge on any atom is -0.489 e. The van der Waals surface area contributed by atoms with Crippen LogP contribution in [-0.2, 0) is 13.2 Å². The van der Waals surface area contributed by atoms with Crippen LogP contribution in [0.1, 0.15) is 21.5 Å². The molecule has 0 aliphatic rings. The van der Waals surface area contributed by atoms with Crippen molar-refractivity contribution in [1.29, 1.82) is 0 Å². The number of rotatable bonds is 6. The number of amides is 1. The number of carbonyl (C=O) groups excluding carboxylic acids is 1. The third-order valence-electron chi connectivity index (χ3n) is 4.32. The Morgan fingerprint density at radius 3 is 2.75 bits per heavy atom. The molecule has 2 aromatic carbocycles. The molecule has 0 aliphatic heterocycles.